The van der Waals surface area contributed by atoms with Crippen molar-refractivity contribution in [1.29, 1.82) is 0 Å². The Morgan fingerprint density at radius 2 is 1.58 bits per heavy atom. The van der Waals surface area contributed by atoms with Gasteiger partial charge in [-0.25, -0.2) is 14.8 Å². The molecule has 6 heteroatoms. The van der Waals surface area contributed by atoms with Crippen LogP contribution < -0.4 is 9.80 Å². The van der Waals surface area contributed by atoms with E-state index in [2.05, 4.69) is 28.7 Å². The summed E-state index contributed by atoms with van der Waals surface area (Å²) in [6, 6.07) is -0.0679. The van der Waals surface area contributed by atoms with Crippen molar-refractivity contribution in [3.05, 3.63) is 12.4 Å². The zero-order valence-corrected chi connectivity index (χ0v) is 12.4. The fourth-order valence-corrected chi connectivity index (χ4v) is 1.79. The Bertz CT molecular complexity index is 400. The number of carbonyl (C=O) groups is 1. The van der Waals surface area contributed by atoms with Crippen molar-refractivity contribution in [2.24, 2.45) is 0 Å². The Hall–Kier alpha value is -1.85. The van der Waals surface area contributed by atoms with Crippen LogP contribution in [-0.4, -0.2) is 54.6 Å². The first-order valence-electron chi connectivity index (χ1n) is 6.60. The summed E-state index contributed by atoms with van der Waals surface area (Å²) >= 11 is 0. The molecular formula is C13H23N5O. The third kappa shape index (κ3) is 3.56. The van der Waals surface area contributed by atoms with Crippen LogP contribution in [0.1, 0.15) is 20.8 Å². The van der Waals surface area contributed by atoms with Gasteiger partial charge in [-0.1, -0.05) is 0 Å². The molecular weight excluding hydrogens is 242 g/mol. The van der Waals surface area contributed by atoms with E-state index in [1.54, 1.807) is 36.3 Å². The third-order valence-electron chi connectivity index (χ3n) is 2.91. The Kier molecular flexibility index (Phi) is 5.54. The minimum absolute atomic E-state index is 0.0679. The van der Waals surface area contributed by atoms with E-state index in [0.717, 1.165) is 18.8 Å². The van der Waals surface area contributed by atoms with Gasteiger partial charge in [0, 0.05) is 33.7 Å². The van der Waals surface area contributed by atoms with E-state index in [0.29, 0.717) is 12.5 Å². The summed E-state index contributed by atoms with van der Waals surface area (Å²) in [5.41, 5.74) is 0.720. The predicted molar refractivity (Wildman–Crippen MR) is 77.7 cm³/mol. The smallest absolute Gasteiger partial charge is 0.324 e. The molecule has 0 saturated heterocycles. The summed E-state index contributed by atoms with van der Waals surface area (Å²) < 4.78 is 0. The highest BCUT2D eigenvalue weighted by molar-refractivity contribution is 5.91. The van der Waals surface area contributed by atoms with E-state index in [4.69, 9.17) is 0 Å². The summed E-state index contributed by atoms with van der Waals surface area (Å²) in [4.78, 5) is 25.9. The van der Waals surface area contributed by atoms with Gasteiger partial charge in [0.1, 0.15) is 0 Å². The van der Waals surface area contributed by atoms with Crippen molar-refractivity contribution in [2.45, 2.75) is 20.8 Å². The molecule has 0 aliphatic carbocycles. The average molecular weight is 265 g/mol. The van der Waals surface area contributed by atoms with Gasteiger partial charge in [0.25, 0.3) is 0 Å². The van der Waals surface area contributed by atoms with E-state index in [1.165, 1.54) is 0 Å². The Balaban J connectivity index is 2.93. The normalized spacial score (nSPS) is 10.2. The summed E-state index contributed by atoms with van der Waals surface area (Å²) in [7, 11) is 3.46. The monoisotopic (exact) mass is 265 g/mol. The fourth-order valence-electron chi connectivity index (χ4n) is 1.79. The molecule has 106 valence electrons. The highest BCUT2D eigenvalue weighted by Gasteiger charge is 2.16. The summed E-state index contributed by atoms with van der Waals surface area (Å²) in [6.07, 6.45) is 3.40. The molecule has 0 spiro atoms. The minimum Gasteiger partial charge on any atom is -0.341 e. The molecule has 1 heterocycles. The van der Waals surface area contributed by atoms with Crippen LogP contribution in [0.15, 0.2) is 12.4 Å². The lowest BCUT2D eigenvalue weighted by Crippen LogP contribution is -2.39. The number of anilines is 2. The molecule has 1 aromatic rings. The van der Waals surface area contributed by atoms with E-state index in [-0.39, 0.29) is 6.03 Å². The van der Waals surface area contributed by atoms with Crippen molar-refractivity contribution in [1.82, 2.24) is 14.9 Å². The van der Waals surface area contributed by atoms with Gasteiger partial charge < -0.3 is 9.80 Å². The molecule has 0 unspecified atom stereocenters. The maximum Gasteiger partial charge on any atom is 0.324 e. The first-order chi connectivity index (χ1) is 9.04. The van der Waals surface area contributed by atoms with Crippen molar-refractivity contribution in [3.8, 4) is 0 Å². The number of urea groups is 1. The lowest BCUT2D eigenvalue weighted by Gasteiger charge is -2.25. The molecule has 0 saturated carbocycles. The third-order valence-corrected chi connectivity index (χ3v) is 2.91. The van der Waals surface area contributed by atoms with Crippen LogP contribution in [0.5, 0.6) is 0 Å². The second kappa shape index (κ2) is 6.92. The van der Waals surface area contributed by atoms with Crippen LogP contribution in [0.25, 0.3) is 0 Å². The first-order valence-corrected chi connectivity index (χ1v) is 6.60. The highest BCUT2D eigenvalue weighted by Crippen LogP contribution is 2.15. The number of carbonyl (C=O) groups excluding carboxylic acids is 1. The summed E-state index contributed by atoms with van der Waals surface area (Å²) in [6.45, 7) is 8.38. The largest absolute Gasteiger partial charge is 0.341 e. The first kappa shape index (κ1) is 15.2. The van der Waals surface area contributed by atoms with Gasteiger partial charge in [-0.15, -0.1) is 0 Å². The molecule has 6 nitrogen and oxygen atoms in total. The molecule has 0 atom stereocenters. The quantitative estimate of drug-likeness (QED) is 0.815. The van der Waals surface area contributed by atoms with Crippen LogP contribution in [0, 0.1) is 0 Å². The number of rotatable bonds is 5. The Morgan fingerprint density at radius 3 is 1.95 bits per heavy atom. The van der Waals surface area contributed by atoms with Gasteiger partial charge in [0.15, 0.2) is 0 Å². The van der Waals surface area contributed by atoms with Gasteiger partial charge in [-0.3, -0.25) is 4.90 Å². The van der Waals surface area contributed by atoms with Gasteiger partial charge in [0.2, 0.25) is 5.95 Å². The van der Waals surface area contributed by atoms with Crippen LogP contribution >= 0.6 is 0 Å². The molecule has 0 bridgehead atoms. The fraction of sp³-hybridized carbons (Fsp3) is 0.615. The SMILES string of the molecule is CCN(CC)c1ncc(N(CC)C(=O)N(C)C)cn1. The second-order valence-electron chi connectivity index (χ2n) is 4.33. The highest BCUT2D eigenvalue weighted by atomic mass is 16.2. The molecule has 1 rings (SSSR count). The lowest BCUT2D eigenvalue weighted by atomic mass is 10.4. The topological polar surface area (TPSA) is 52.6 Å². The zero-order valence-electron chi connectivity index (χ0n) is 12.4. The summed E-state index contributed by atoms with van der Waals surface area (Å²) in [5, 5.41) is 0. The number of hydrogen-bond acceptors (Lipinski definition) is 4. The molecule has 0 radical (unpaired) electrons. The Labute approximate surface area is 115 Å². The molecule has 1 aromatic heterocycles. The Morgan fingerprint density at radius 1 is 1.05 bits per heavy atom. The van der Waals surface area contributed by atoms with Crippen LogP contribution in [0.2, 0.25) is 0 Å². The predicted octanol–water partition coefficient (Wildman–Crippen LogP) is 1.83. The van der Waals surface area contributed by atoms with Crippen molar-refractivity contribution < 1.29 is 4.79 Å². The van der Waals surface area contributed by atoms with E-state index in [1.807, 2.05) is 6.92 Å². The van der Waals surface area contributed by atoms with Crippen molar-refractivity contribution in [2.75, 3.05) is 43.5 Å². The van der Waals surface area contributed by atoms with Crippen molar-refractivity contribution in [3.63, 3.8) is 0 Å². The van der Waals surface area contributed by atoms with Crippen molar-refractivity contribution >= 4 is 17.7 Å². The number of amides is 2. The molecule has 0 aromatic carbocycles. The van der Waals surface area contributed by atoms with Crippen LogP contribution in [0.4, 0.5) is 16.4 Å². The number of nitrogens with zero attached hydrogens (tertiary/aromatic N) is 5. The molecule has 19 heavy (non-hydrogen) atoms. The minimum atomic E-state index is -0.0679. The van der Waals surface area contributed by atoms with E-state index in [9.17, 15) is 4.79 Å². The zero-order chi connectivity index (χ0) is 14.4. The van der Waals surface area contributed by atoms with Gasteiger partial charge in [0.05, 0.1) is 18.1 Å². The lowest BCUT2D eigenvalue weighted by molar-refractivity contribution is 0.224. The maximum atomic E-state index is 12.0. The van der Waals surface area contributed by atoms with E-state index < -0.39 is 0 Å². The summed E-state index contributed by atoms with van der Waals surface area (Å²) in [5.74, 6) is 0.696. The molecule has 0 aliphatic rings. The maximum absolute atomic E-state index is 12.0. The van der Waals surface area contributed by atoms with E-state index >= 15 is 0 Å². The molecule has 0 N–H and O–H groups in total. The second-order valence-corrected chi connectivity index (χ2v) is 4.33. The van der Waals surface area contributed by atoms with Gasteiger partial charge >= 0.3 is 6.03 Å². The molecule has 2 amide bonds. The molecule has 0 fully saturated rings. The molecule has 0 aliphatic heterocycles. The standard InChI is InChI=1S/C13H23N5O/c1-6-17(7-2)12-14-9-11(10-15-12)18(8-3)13(19)16(4)5/h9-10H,6-8H2,1-5H3. The average Bonchev–Trinajstić information content (AvgIpc) is 2.42. The van der Waals surface area contributed by atoms with Gasteiger partial charge in [-0.2, -0.15) is 0 Å². The van der Waals surface area contributed by atoms with Crippen LogP contribution in [0.3, 0.4) is 0 Å². The number of aromatic nitrogens is 2. The van der Waals surface area contributed by atoms with Gasteiger partial charge in [-0.05, 0) is 20.8 Å². The number of hydrogen-bond donors (Lipinski definition) is 0. The van der Waals surface area contributed by atoms with Crippen LogP contribution in [-0.2, 0) is 0 Å².